The van der Waals surface area contributed by atoms with Crippen LogP contribution in [0.3, 0.4) is 0 Å². The van der Waals surface area contributed by atoms with Gasteiger partial charge in [-0.3, -0.25) is 9.59 Å². The SMILES string of the molecule is Cc1ccccc1C1CC1C(=O)NC(C)CCC(=O)O. The molecule has 2 N–H and O–H groups in total. The first-order valence-electron chi connectivity index (χ1n) is 7.06. The lowest BCUT2D eigenvalue weighted by atomic mass is 10.0. The fourth-order valence-electron chi connectivity index (χ4n) is 2.59. The van der Waals surface area contributed by atoms with Crippen molar-refractivity contribution in [3.05, 3.63) is 35.4 Å². The van der Waals surface area contributed by atoms with Gasteiger partial charge in [-0.2, -0.15) is 0 Å². The highest BCUT2D eigenvalue weighted by Crippen LogP contribution is 2.48. The normalized spacial score (nSPS) is 22.1. The van der Waals surface area contributed by atoms with Crippen LogP contribution in [0, 0.1) is 12.8 Å². The summed E-state index contributed by atoms with van der Waals surface area (Å²) in [7, 11) is 0. The second kappa shape index (κ2) is 6.07. The Morgan fingerprint density at radius 1 is 1.40 bits per heavy atom. The molecule has 0 spiro atoms. The van der Waals surface area contributed by atoms with Crippen molar-refractivity contribution in [2.24, 2.45) is 5.92 Å². The number of aryl methyl sites for hydroxylation is 1. The zero-order valence-electron chi connectivity index (χ0n) is 11.9. The van der Waals surface area contributed by atoms with E-state index < -0.39 is 5.97 Å². The van der Waals surface area contributed by atoms with Gasteiger partial charge in [-0.15, -0.1) is 0 Å². The third-order valence-corrected chi connectivity index (χ3v) is 3.90. The maximum Gasteiger partial charge on any atom is 0.303 e. The van der Waals surface area contributed by atoms with Crippen molar-refractivity contribution in [1.82, 2.24) is 5.32 Å². The monoisotopic (exact) mass is 275 g/mol. The van der Waals surface area contributed by atoms with Crippen LogP contribution in [-0.4, -0.2) is 23.0 Å². The maximum atomic E-state index is 12.1. The summed E-state index contributed by atoms with van der Waals surface area (Å²) in [5.74, 6) is -0.405. The Morgan fingerprint density at radius 3 is 2.75 bits per heavy atom. The lowest BCUT2D eigenvalue weighted by Gasteiger charge is -2.13. The zero-order valence-corrected chi connectivity index (χ0v) is 11.9. The molecule has 108 valence electrons. The van der Waals surface area contributed by atoms with Crippen molar-refractivity contribution in [2.75, 3.05) is 0 Å². The molecular weight excluding hydrogens is 254 g/mol. The van der Waals surface area contributed by atoms with Crippen molar-refractivity contribution in [1.29, 1.82) is 0 Å². The molecule has 0 saturated heterocycles. The minimum absolute atomic E-state index is 0.0448. The van der Waals surface area contributed by atoms with E-state index >= 15 is 0 Å². The highest BCUT2D eigenvalue weighted by molar-refractivity contribution is 5.83. The van der Waals surface area contributed by atoms with Crippen LogP contribution in [0.15, 0.2) is 24.3 Å². The van der Waals surface area contributed by atoms with Gasteiger partial charge in [0, 0.05) is 18.4 Å². The Kier molecular flexibility index (Phi) is 4.42. The van der Waals surface area contributed by atoms with Crippen molar-refractivity contribution in [3.63, 3.8) is 0 Å². The summed E-state index contributed by atoms with van der Waals surface area (Å²) < 4.78 is 0. The van der Waals surface area contributed by atoms with Gasteiger partial charge in [0.15, 0.2) is 0 Å². The predicted molar refractivity (Wildman–Crippen MR) is 76.5 cm³/mol. The van der Waals surface area contributed by atoms with E-state index in [1.165, 1.54) is 11.1 Å². The first-order valence-corrected chi connectivity index (χ1v) is 7.06. The second-order valence-electron chi connectivity index (χ2n) is 5.65. The summed E-state index contributed by atoms with van der Waals surface area (Å²) in [6, 6.07) is 8.07. The third kappa shape index (κ3) is 3.59. The van der Waals surface area contributed by atoms with Crippen molar-refractivity contribution in [2.45, 2.75) is 45.1 Å². The third-order valence-electron chi connectivity index (χ3n) is 3.90. The quantitative estimate of drug-likeness (QED) is 0.838. The van der Waals surface area contributed by atoms with E-state index in [1.807, 2.05) is 19.1 Å². The van der Waals surface area contributed by atoms with Crippen molar-refractivity contribution < 1.29 is 14.7 Å². The van der Waals surface area contributed by atoms with Gasteiger partial charge in [-0.25, -0.2) is 0 Å². The molecule has 1 aromatic carbocycles. The molecule has 0 bridgehead atoms. The van der Waals surface area contributed by atoms with Crippen LogP contribution in [0.25, 0.3) is 0 Å². The van der Waals surface area contributed by atoms with E-state index in [9.17, 15) is 9.59 Å². The molecule has 0 radical (unpaired) electrons. The molecule has 0 heterocycles. The predicted octanol–water partition coefficient (Wildman–Crippen LogP) is 2.47. The average molecular weight is 275 g/mol. The fourth-order valence-corrected chi connectivity index (χ4v) is 2.59. The van der Waals surface area contributed by atoms with Crippen LogP contribution in [0.1, 0.15) is 43.2 Å². The summed E-state index contributed by atoms with van der Waals surface area (Å²) in [5.41, 5.74) is 2.48. The van der Waals surface area contributed by atoms with E-state index in [0.29, 0.717) is 12.3 Å². The summed E-state index contributed by atoms with van der Waals surface area (Å²) in [4.78, 5) is 22.6. The smallest absolute Gasteiger partial charge is 0.303 e. The van der Waals surface area contributed by atoms with Gasteiger partial charge in [-0.05, 0) is 43.7 Å². The fraction of sp³-hybridized carbons (Fsp3) is 0.500. The van der Waals surface area contributed by atoms with E-state index in [-0.39, 0.29) is 24.3 Å². The number of carboxylic acids is 1. The maximum absolute atomic E-state index is 12.1. The molecular formula is C16H21NO3. The number of carboxylic acid groups (broad SMARTS) is 1. The van der Waals surface area contributed by atoms with Gasteiger partial charge in [-0.1, -0.05) is 24.3 Å². The number of hydrogen-bond donors (Lipinski definition) is 2. The second-order valence-corrected chi connectivity index (χ2v) is 5.65. The Labute approximate surface area is 119 Å². The Hall–Kier alpha value is -1.84. The summed E-state index contributed by atoms with van der Waals surface area (Å²) in [5, 5.41) is 11.5. The van der Waals surface area contributed by atoms with Crippen LogP contribution < -0.4 is 5.32 Å². The van der Waals surface area contributed by atoms with E-state index in [2.05, 4.69) is 24.4 Å². The molecule has 20 heavy (non-hydrogen) atoms. The van der Waals surface area contributed by atoms with Gasteiger partial charge in [0.1, 0.15) is 0 Å². The highest BCUT2D eigenvalue weighted by Gasteiger charge is 2.44. The first-order chi connectivity index (χ1) is 9.49. The lowest BCUT2D eigenvalue weighted by molar-refractivity contribution is -0.137. The summed E-state index contributed by atoms with van der Waals surface area (Å²) >= 11 is 0. The van der Waals surface area contributed by atoms with Crippen LogP contribution in [0.2, 0.25) is 0 Å². The van der Waals surface area contributed by atoms with Crippen LogP contribution in [0.5, 0.6) is 0 Å². The number of hydrogen-bond acceptors (Lipinski definition) is 2. The number of carbonyl (C=O) groups is 2. The largest absolute Gasteiger partial charge is 0.481 e. The molecule has 1 saturated carbocycles. The van der Waals surface area contributed by atoms with Crippen LogP contribution in [-0.2, 0) is 9.59 Å². The molecule has 0 aromatic heterocycles. The number of benzene rings is 1. The molecule has 1 aliphatic rings. The Morgan fingerprint density at radius 2 is 2.10 bits per heavy atom. The standard InChI is InChI=1S/C16H21NO3/c1-10-5-3-4-6-12(10)13-9-14(13)16(20)17-11(2)7-8-15(18)19/h3-6,11,13-14H,7-9H2,1-2H3,(H,17,20)(H,18,19). The van der Waals surface area contributed by atoms with E-state index in [4.69, 9.17) is 5.11 Å². The molecule has 1 amide bonds. The van der Waals surface area contributed by atoms with Gasteiger partial charge in [0.25, 0.3) is 0 Å². The molecule has 1 aromatic rings. The number of carbonyl (C=O) groups excluding carboxylic acids is 1. The topological polar surface area (TPSA) is 66.4 Å². The molecule has 0 aliphatic heterocycles. The Bertz CT molecular complexity index is 512. The van der Waals surface area contributed by atoms with Gasteiger partial charge < -0.3 is 10.4 Å². The van der Waals surface area contributed by atoms with Crippen molar-refractivity contribution in [3.8, 4) is 0 Å². The highest BCUT2D eigenvalue weighted by atomic mass is 16.4. The zero-order chi connectivity index (χ0) is 14.7. The lowest BCUT2D eigenvalue weighted by Crippen LogP contribution is -2.34. The number of amides is 1. The number of nitrogens with one attached hydrogen (secondary N) is 1. The molecule has 2 rings (SSSR count). The molecule has 4 nitrogen and oxygen atoms in total. The van der Waals surface area contributed by atoms with E-state index in [0.717, 1.165) is 6.42 Å². The number of rotatable bonds is 6. The summed E-state index contributed by atoms with van der Waals surface area (Å²) in [6.45, 7) is 3.92. The first kappa shape index (κ1) is 14.6. The van der Waals surface area contributed by atoms with Gasteiger partial charge >= 0.3 is 5.97 Å². The molecule has 1 aliphatic carbocycles. The van der Waals surface area contributed by atoms with Crippen molar-refractivity contribution >= 4 is 11.9 Å². The minimum atomic E-state index is -0.824. The molecule has 4 heteroatoms. The molecule has 1 fully saturated rings. The van der Waals surface area contributed by atoms with E-state index in [1.54, 1.807) is 0 Å². The van der Waals surface area contributed by atoms with Gasteiger partial charge in [0.05, 0.1) is 0 Å². The summed E-state index contributed by atoms with van der Waals surface area (Å²) in [6.07, 6.45) is 1.46. The minimum Gasteiger partial charge on any atom is -0.481 e. The average Bonchev–Trinajstić information content (AvgIpc) is 3.17. The molecule has 3 atom stereocenters. The Balaban J connectivity index is 1.84. The number of aliphatic carboxylic acids is 1. The molecule has 3 unspecified atom stereocenters. The van der Waals surface area contributed by atoms with Crippen LogP contribution >= 0.6 is 0 Å². The van der Waals surface area contributed by atoms with Crippen LogP contribution in [0.4, 0.5) is 0 Å². The van der Waals surface area contributed by atoms with Gasteiger partial charge in [0.2, 0.25) is 5.91 Å².